The fourth-order valence-corrected chi connectivity index (χ4v) is 4.25. The predicted molar refractivity (Wildman–Crippen MR) is 137 cm³/mol. The van der Waals surface area contributed by atoms with Crippen molar-refractivity contribution < 1.29 is 30.0 Å². The van der Waals surface area contributed by atoms with Crippen molar-refractivity contribution >= 4 is 50.4 Å². The molecule has 0 spiro atoms. The summed E-state index contributed by atoms with van der Waals surface area (Å²) < 4.78 is 0. The summed E-state index contributed by atoms with van der Waals surface area (Å²) in [4.78, 5) is 14.9. The molecule has 34 heavy (non-hydrogen) atoms. The quantitative estimate of drug-likeness (QED) is 0.0943. The summed E-state index contributed by atoms with van der Waals surface area (Å²) in [5, 5.41) is 14.6. The van der Waals surface area contributed by atoms with E-state index in [9.17, 15) is 4.79 Å². The number of aliphatic hydroxyl groups excluding tert-OH is 1. The predicted octanol–water partition coefficient (Wildman–Crippen LogP) is 7.53. The van der Waals surface area contributed by atoms with E-state index in [4.69, 9.17) is 10.1 Å². The van der Waals surface area contributed by atoms with E-state index in [-0.39, 0.29) is 31.6 Å². The van der Waals surface area contributed by atoms with Crippen LogP contribution in [0.2, 0.25) is 0 Å². The van der Waals surface area contributed by atoms with E-state index in [1.54, 1.807) is 0 Å². The van der Waals surface area contributed by atoms with Gasteiger partial charge in [0, 0.05) is 31.6 Å². The van der Waals surface area contributed by atoms with Gasteiger partial charge in [-0.15, -0.1) is 29.1 Å². The van der Waals surface area contributed by atoms with Gasteiger partial charge in [-0.1, -0.05) is 72.1 Å². The minimum Gasteiger partial charge on any atom is -0.512 e. The zero-order valence-corrected chi connectivity index (χ0v) is 21.2. The van der Waals surface area contributed by atoms with Crippen molar-refractivity contribution in [1.29, 1.82) is 0 Å². The Labute approximate surface area is 211 Å². The average Bonchev–Trinajstić information content (AvgIpc) is 3.21. The molecule has 0 atom stereocenters. The number of hydrogen-bond acceptors (Lipinski definition) is 3. The summed E-state index contributed by atoms with van der Waals surface area (Å²) in [5.74, 6) is -0.0625. The molecule has 6 rings (SSSR count). The van der Waals surface area contributed by atoms with Gasteiger partial charge < -0.3 is 5.11 Å². The third-order valence-corrected chi connectivity index (χ3v) is 5.66. The van der Waals surface area contributed by atoms with E-state index in [2.05, 4.69) is 91.0 Å². The van der Waals surface area contributed by atoms with Crippen LogP contribution >= 0.6 is 0 Å². The maximum atomic E-state index is 10.0. The molecule has 0 bridgehead atoms. The molecule has 0 aliphatic heterocycles. The molecule has 1 aliphatic carbocycles. The van der Waals surface area contributed by atoms with E-state index >= 15 is 0 Å². The van der Waals surface area contributed by atoms with E-state index < -0.39 is 0 Å². The summed E-state index contributed by atoms with van der Waals surface area (Å²) in [6, 6.07) is 29.2. The number of rotatable bonds is 2. The van der Waals surface area contributed by atoms with Crippen molar-refractivity contribution in [2.45, 2.75) is 13.8 Å². The first-order valence-corrected chi connectivity index (χ1v) is 10.8. The van der Waals surface area contributed by atoms with Crippen LogP contribution in [0.3, 0.4) is 0 Å². The molecule has 169 valence electrons. The minimum atomic E-state index is -0.125. The molecule has 1 aliphatic rings. The summed E-state index contributed by atoms with van der Waals surface area (Å²) in [6.45, 7) is 2.85. The smallest absolute Gasteiger partial charge is 0.155 e. The Morgan fingerprint density at radius 2 is 1.56 bits per heavy atom. The fourth-order valence-electron chi connectivity index (χ4n) is 4.25. The van der Waals surface area contributed by atoms with Crippen LogP contribution in [0.5, 0.6) is 0 Å². The number of fused-ring (bicyclic) bond motifs is 2. The Bertz CT molecular complexity index is 1610. The van der Waals surface area contributed by atoms with Crippen LogP contribution in [-0.4, -0.2) is 15.9 Å². The van der Waals surface area contributed by atoms with Gasteiger partial charge in [-0.05, 0) is 47.5 Å². The summed E-state index contributed by atoms with van der Waals surface area (Å²) in [6.07, 6.45) is 5.51. The second kappa shape index (κ2) is 9.72. The van der Waals surface area contributed by atoms with Crippen LogP contribution in [0.1, 0.15) is 25.0 Å². The maximum Gasteiger partial charge on any atom is 0.155 e. The van der Waals surface area contributed by atoms with Crippen molar-refractivity contribution in [2.24, 2.45) is 0 Å². The van der Waals surface area contributed by atoms with Crippen molar-refractivity contribution in [3.8, 4) is 11.3 Å². The topological polar surface area (TPSA) is 50.2 Å². The summed E-state index contributed by atoms with van der Waals surface area (Å²) >= 11 is 0. The number of allylic oxidation sites excluding steroid dienone is 2. The average molecular weight is 621 g/mol. The number of hydrogen-bond donors (Lipinski definition) is 1. The Morgan fingerprint density at radius 3 is 2.24 bits per heavy atom. The van der Waals surface area contributed by atoms with E-state index in [1.807, 2.05) is 0 Å². The molecule has 0 saturated carbocycles. The molecule has 0 fully saturated rings. The first-order chi connectivity index (χ1) is 16.0. The molecule has 4 aromatic carbocycles. The molecular formula is C30H22IrNO2-. The van der Waals surface area contributed by atoms with Crippen LogP contribution in [0.25, 0.3) is 55.9 Å². The fraction of sp³-hybridized carbons (Fsp3) is 0.0667. The van der Waals surface area contributed by atoms with Gasteiger partial charge in [0.2, 0.25) is 0 Å². The van der Waals surface area contributed by atoms with Gasteiger partial charge in [0.15, 0.2) is 5.78 Å². The molecule has 0 unspecified atom stereocenters. The SMILES string of the molecule is CC(=O)/C=C(/C)O.[Ir].[c-]1cc2cc3ccccc3cc2cc1-c1cc2c3c(cccc3n1)C=C2. The zero-order chi connectivity index (χ0) is 22.9. The molecule has 4 heteroatoms. The van der Waals surface area contributed by atoms with Crippen molar-refractivity contribution in [3.63, 3.8) is 0 Å². The molecule has 3 nitrogen and oxygen atoms in total. The van der Waals surface area contributed by atoms with E-state index in [0.29, 0.717) is 0 Å². The van der Waals surface area contributed by atoms with Crippen LogP contribution in [0.4, 0.5) is 0 Å². The molecule has 0 saturated heterocycles. The number of carbonyl (C=O) groups excluding carboxylic acids is 1. The van der Waals surface area contributed by atoms with Gasteiger partial charge in [-0.2, -0.15) is 0 Å². The number of carbonyl (C=O) groups is 1. The van der Waals surface area contributed by atoms with Crippen molar-refractivity contribution in [3.05, 3.63) is 102 Å². The Morgan fingerprint density at radius 1 is 0.853 bits per heavy atom. The molecule has 1 N–H and O–H groups in total. The molecule has 1 aromatic heterocycles. The molecule has 0 amide bonds. The number of aliphatic hydroxyl groups is 1. The van der Waals surface area contributed by atoms with Gasteiger partial charge in [0.05, 0.1) is 11.3 Å². The maximum absolute atomic E-state index is 10.0. The van der Waals surface area contributed by atoms with Crippen LogP contribution < -0.4 is 0 Å². The largest absolute Gasteiger partial charge is 0.512 e. The van der Waals surface area contributed by atoms with Crippen molar-refractivity contribution in [2.75, 3.05) is 0 Å². The third-order valence-electron chi connectivity index (χ3n) is 5.66. The second-order valence-corrected chi connectivity index (χ2v) is 8.24. The van der Waals surface area contributed by atoms with Gasteiger partial charge in [0.25, 0.3) is 0 Å². The van der Waals surface area contributed by atoms with Gasteiger partial charge >= 0.3 is 0 Å². The number of nitrogens with zero attached hydrogens (tertiary/aromatic N) is 1. The summed E-state index contributed by atoms with van der Waals surface area (Å²) in [5.41, 5.74) is 5.56. The normalized spacial score (nSPS) is 11.9. The summed E-state index contributed by atoms with van der Waals surface area (Å²) in [7, 11) is 0. The second-order valence-electron chi connectivity index (χ2n) is 8.24. The molecular weight excluding hydrogens is 599 g/mol. The molecule has 1 heterocycles. The molecule has 1 radical (unpaired) electrons. The van der Waals surface area contributed by atoms with Gasteiger partial charge in [-0.25, -0.2) is 0 Å². The third kappa shape index (κ3) is 4.70. The van der Waals surface area contributed by atoms with Gasteiger partial charge in [0.1, 0.15) is 0 Å². The van der Waals surface area contributed by atoms with Crippen LogP contribution in [-0.2, 0) is 24.9 Å². The number of pyridine rings is 1. The van der Waals surface area contributed by atoms with Gasteiger partial charge in [-0.3, -0.25) is 9.78 Å². The Kier molecular flexibility index (Phi) is 6.74. The number of benzene rings is 4. The minimum absolute atomic E-state index is 0. The Balaban J connectivity index is 0.000000303. The van der Waals surface area contributed by atoms with Crippen LogP contribution in [0.15, 0.2) is 84.6 Å². The van der Waals surface area contributed by atoms with E-state index in [1.165, 1.54) is 58.0 Å². The first kappa shape index (κ1) is 23.6. The zero-order valence-electron chi connectivity index (χ0n) is 18.8. The van der Waals surface area contributed by atoms with E-state index in [0.717, 1.165) is 16.8 Å². The standard InChI is InChI=1S/C25H14N.C5H8O2.Ir/c1-2-5-18-13-22-14-20(10-9-19(22)12-17(18)4-1)24-15-21-11-8-16-6-3-7-23(26-24)25(16)21;1-4(6)3-5(2)7;/h1-9,11-15H;3,6H,1-2H3;/q-1;;/b;4-3-;. The van der Waals surface area contributed by atoms with Crippen molar-refractivity contribution in [1.82, 2.24) is 4.98 Å². The number of ketones is 1. The molecule has 5 aromatic rings. The Hall–Kier alpha value is -3.59. The number of aromatic nitrogens is 1. The monoisotopic (exact) mass is 621 g/mol. The van der Waals surface area contributed by atoms with Crippen LogP contribution in [0, 0.1) is 6.07 Å². The first-order valence-electron chi connectivity index (χ1n) is 10.8.